The third-order valence-corrected chi connectivity index (χ3v) is 4.79. The summed E-state index contributed by atoms with van der Waals surface area (Å²) < 4.78 is 13.8. The number of rotatable bonds is 6. The molecule has 1 saturated heterocycles. The number of nitrogens with one attached hydrogen (secondary N) is 1. The summed E-state index contributed by atoms with van der Waals surface area (Å²) in [5.41, 5.74) is 0.352. The Kier molecular flexibility index (Phi) is 6.83. The van der Waals surface area contributed by atoms with Crippen LogP contribution in [0.3, 0.4) is 0 Å². The van der Waals surface area contributed by atoms with Gasteiger partial charge in [-0.3, -0.25) is 4.79 Å². The number of carbonyl (C=O) groups excluding carboxylic acids is 1. The number of benzene rings is 1. The number of likely N-dealkylation sites (tertiary alicyclic amines) is 1. The lowest BCUT2D eigenvalue weighted by atomic mass is 10.0. The van der Waals surface area contributed by atoms with E-state index in [4.69, 9.17) is 0 Å². The Hall–Kier alpha value is -0.940. The zero-order chi connectivity index (χ0) is 15.9. The fraction of sp³-hybridized carbons (Fsp3) is 0.588. The molecule has 1 N–H and O–H groups in total. The van der Waals surface area contributed by atoms with Gasteiger partial charge < -0.3 is 10.2 Å². The second-order valence-corrected chi connectivity index (χ2v) is 6.99. The molecule has 0 saturated carbocycles. The SMILES string of the molecule is C[C@H]1CCCN(CCCCNC(=O)c2cc(F)ccc2Br)C1. The van der Waals surface area contributed by atoms with Crippen LogP contribution >= 0.6 is 15.9 Å². The van der Waals surface area contributed by atoms with Crippen LogP contribution in [0.2, 0.25) is 0 Å². The fourth-order valence-electron chi connectivity index (χ4n) is 2.92. The maximum absolute atomic E-state index is 13.2. The van der Waals surface area contributed by atoms with Gasteiger partial charge in [0, 0.05) is 17.6 Å². The minimum Gasteiger partial charge on any atom is -0.352 e. The van der Waals surface area contributed by atoms with Gasteiger partial charge in [0.2, 0.25) is 0 Å². The number of amides is 1. The summed E-state index contributed by atoms with van der Waals surface area (Å²) in [6.45, 7) is 6.44. The lowest BCUT2D eigenvalue weighted by Gasteiger charge is -2.30. The second kappa shape index (κ2) is 8.63. The van der Waals surface area contributed by atoms with Crippen LogP contribution < -0.4 is 5.32 Å². The Bertz CT molecular complexity index is 509. The highest BCUT2D eigenvalue weighted by Crippen LogP contribution is 2.18. The van der Waals surface area contributed by atoms with E-state index in [-0.39, 0.29) is 5.91 Å². The number of hydrogen-bond donors (Lipinski definition) is 1. The van der Waals surface area contributed by atoms with Crippen LogP contribution in [0.5, 0.6) is 0 Å². The molecule has 1 fully saturated rings. The first-order valence-electron chi connectivity index (χ1n) is 8.02. The van der Waals surface area contributed by atoms with Gasteiger partial charge in [-0.05, 0) is 78.8 Å². The Morgan fingerprint density at radius 1 is 1.45 bits per heavy atom. The molecule has 1 amide bonds. The number of piperidine rings is 1. The monoisotopic (exact) mass is 370 g/mol. The van der Waals surface area contributed by atoms with Crippen molar-refractivity contribution in [3.8, 4) is 0 Å². The topological polar surface area (TPSA) is 32.3 Å². The van der Waals surface area contributed by atoms with Crippen molar-refractivity contribution in [3.63, 3.8) is 0 Å². The van der Waals surface area contributed by atoms with Crippen LogP contribution in [0.4, 0.5) is 4.39 Å². The van der Waals surface area contributed by atoms with E-state index < -0.39 is 5.82 Å². The van der Waals surface area contributed by atoms with Gasteiger partial charge in [0.1, 0.15) is 5.82 Å². The molecule has 1 aliphatic rings. The van der Waals surface area contributed by atoms with Gasteiger partial charge in [-0.25, -0.2) is 4.39 Å². The number of carbonyl (C=O) groups is 1. The minimum absolute atomic E-state index is 0.224. The molecule has 0 radical (unpaired) electrons. The quantitative estimate of drug-likeness (QED) is 0.771. The predicted octanol–water partition coefficient (Wildman–Crippen LogP) is 3.83. The van der Waals surface area contributed by atoms with E-state index >= 15 is 0 Å². The predicted molar refractivity (Wildman–Crippen MR) is 90.5 cm³/mol. The Morgan fingerprint density at radius 3 is 3.05 bits per heavy atom. The fourth-order valence-corrected chi connectivity index (χ4v) is 3.35. The molecular weight excluding hydrogens is 347 g/mol. The summed E-state index contributed by atoms with van der Waals surface area (Å²) in [6, 6.07) is 4.15. The van der Waals surface area contributed by atoms with Gasteiger partial charge in [0.25, 0.3) is 5.91 Å². The molecular formula is C17H24BrFN2O. The van der Waals surface area contributed by atoms with Crippen molar-refractivity contribution in [2.24, 2.45) is 5.92 Å². The van der Waals surface area contributed by atoms with Crippen LogP contribution in [-0.2, 0) is 0 Å². The summed E-state index contributed by atoms with van der Waals surface area (Å²) in [6.07, 6.45) is 4.67. The smallest absolute Gasteiger partial charge is 0.252 e. The number of halogens is 2. The van der Waals surface area contributed by atoms with Crippen molar-refractivity contribution in [1.82, 2.24) is 10.2 Å². The Balaban J connectivity index is 1.66. The molecule has 1 aromatic carbocycles. The molecule has 0 spiro atoms. The van der Waals surface area contributed by atoms with E-state index in [9.17, 15) is 9.18 Å². The average molecular weight is 371 g/mol. The van der Waals surface area contributed by atoms with E-state index in [0.717, 1.165) is 25.3 Å². The highest BCUT2D eigenvalue weighted by molar-refractivity contribution is 9.10. The zero-order valence-corrected chi connectivity index (χ0v) is 14.7. The molecule has 122 valence electrons. The molecule has 0 aliphatic carbocycles. The molecule has 1 heterocycles. The van der Waals surface area contributed by atoms with Crippen LogP contribution in [0.25, 0.3) is 0 Å². The molecule has 5 heteroatoms. The van der Waals surface area contributed by atoms with Crippen LogP contribution in [0.1, 0.15) is 43.0 Å². The summed E-state index contributed by atoms with van der Waals surface area (Å²) in [7, 11) is 0. The van der Waals surface area contributed by atoms with Crippen LogP contribution in [-0.4, -0.2) is 37.0 Å². The Morgan fingerprint density at radius 2 is 2.27 bits per heavy atom. The van der Waals surface area contributed by atoms with E-state index in [0.29, 0.717) is 16.6 Å². The first-order chi connectivity index (χ1) is 10.6. The lowest BCUT2D eigenvalue weighted by Crippen LogP contribution is -2.35. The van der Waals surface area contributed by atoms with E-state index in [1.165, 1.54) is 38.1 Å². The Labute approximate surface area is 140 Å². The standard InChI is InChI=1S/C17H24BrFN2O/c1-13-5-4-10-21(12-13)9-3-2-8-20-17(22)15-11-14(19)6-7-16(15)18/h6-7,11,13H,2-5,8-10,12H2,1H3,(H,20,22)/t13-/m0/s1. The van der Waals surface area contributed by atoms with Gasteiger partial charge in [0.15, 0.2) is 0 Å². The lowest BCUT2D eigenvalue weighted by molar-refractivity contribution is 0.0951. The van der Waals surface area contributed by atoms with Crippen LogP contribution in [0, 0.1) is 11.7 Å². The van der Waals surface area contributed by atoms with Gasteiger partial charge in [-0.15, -0.1) is 0 Å². The molecule has 3 nitrogen and oxygen atoms in total. The summed E-state index contributed by atoms with van der Waals surface area (Å²) in [5.74, 6) is 0.185. The van der Waals surface area contributed by atoms with E-state index in [1.807, 2.05) is 0 Å². The average Bonchev–Trinajstić information content (AvgIpc) is 2.49. The largest absolute Gasteiger partial charge is 0.352 e. The molecule has 0 unspecified atom stereocenters. The first-order valence-corrected chi connectivity index (χ1v) is 8.81. The molecule has 1 aliphatic heterocycles. The van der Waals surface area contributed by atoms with Crippen molar-refractivity contribution >= 4 is 21.8 Å². The molecule has 1 atom stereocenters. The van der Waals surface area contributed by atoms with E-state index in [1.54, 1.807) is 6.07 Å². The van der Waals surface area contributed by atoms with Gasteiger partial charge in [-0.2, -0.15) is 0 Å². The van der Waals surface area contributed by atoms with Gasteiger partial charge >= 0.3 is 0 Å². The molecule has 1 aromatic rings. The first kappa shape index (κ1) is 17.4. The highest BCUT2D eigenvalue weighted by Gasteiger charge is 2.15. The third kappa shape index (κ3) is 5.36. The molecule has 0 aromatic heterocycles. The van der Waals surface area contributed by atoms with Crippen molar-refractivity contribution in [1.29, 1.82) is 0 Å². The van der Waals surface area contributed by atoms with Crippen LogP contribution in [0.15, 0.2) is 22.7 Å². The van der Waals surface area contributed by atoms with Crippen molar-refractivity contribution in [2.75, 3.05) is 26.2 Å². The van der Waals surface area contributed by atoms with Crippen molar-refractivity contribution in [3.05, 3.63) is 34.1 Å². The highest BCUT2D eigenvalue weighted by atomic mass is 79.9. The molecule has 22 heavy (non-hydrogen) atoms. The third-order valence-electron chi connectivity index (χ3n) is 4.10. The normalized spacial score (nSPS) is 19.1. The van der Waals surface area contributed by atoms with Crippen molar-refractivity contribution < 1.29 is 9.18 Å². The second-order valence-electron chi connectivity index (χ2n) is 6.14. The minimum atomic E-state index is -0.396. The molecule has 0 bridgehead atoms. The zero-order valence-electron chi connectivity index (χ0n) is 13.1. The maximum Gasteiger partial charge on any atom is 0.252 e. The van der Waals surface area contributed by atoms with Gasteiger partial charge in [-0.1, -0.05) is 6.92 Å². The van der Waals surface area contributed by atoms with Crippen molar-refractivity contribution in [2.45, 2.75) is 32.6 Å². The summed E-state index contributed by atoms with van der Waals surface area (Å²) >= 11 is 3.28. The summed E-state index contributed by atoms with van der Waals surface area (Å²) in [4.78, 5) is 14.5. The molecule has 2 rings (SSSR count). The van der Waals surface area contributed by atoms with Gasteiger partial charge in [0.05, 0.1) is 5.56 Å². The van der Waals surface area contributed by atoms with E-state index in [2.05, 4.69) is 33.1 Å². The number of hydrogen-bond acceptors (Lipinski definition) is 2. The maximum atomic E-state index is 13.2. The number of unbranched alkanes of at least 4 members (excludes halogenated alkanes) is 1. The number of nitrogens with zero attached hydrogens (tertiary/aromatic N) is 1. The summed E-state index contributed by atoms with van der Waals surface area (Å²) in [5, 5.41) is 2.86.